The van der Waals surface area contributed by atoms with E-state index in [9.17, 15) is 4.79 Å². The van der Waals surface area contributed by atoms with Crippen LogP contribution in [0.2, 0.25) is 0 Å². The summed E-state index contributed by atoms with van der Waals surface area (Å²) in [5.74, 6) is 0.681. The van der Waals surface area contributed by atoms with E-state index in [4.69, 9.17) is 0 Å². The average Bonchev–Trinajstić information content (AvgIpc) is 3.12. The summed E-state index contributed by atoms with van der Waals surface area (Å²) in [5, 5.41) is 3.69. The van der Waals surface area contributed by atoms with Gasteiger partial charge < -0.3 is 10.2 Å². The average molecular weight is 332 g/mol. The minimum Gasteiger partial charge on any atom is -0.378 e. The summed E-state index contributed by atoms with van der Waals surface area (Å²) in [6.45, 7) is 2.81. The lowest BCUT2D eigenvalue weighted by molar-refractivity contribution is -0.132. The van der Waals surface area contributed by atoms with Crippen LogP contribution in [0.5, 0.6) is 0 Å². The van der Waals surface area contributed by atoms with Gasteiger partial charge >= 0.3 is 0 Å². The molecule has 0 saturated carbocycles. The minimum atomic E-state index is 0.190. The number of hydrogen-bond acceptors (Lipinski definition) is 2. The molecule has 3 atom stereocenters. The zero-order valence-electron chi connectivity index (χ0n) is 14.6. The second-order valence-corrected chi connectivity index (χ2v) is 6.87. The molecule has 2 heterocycles. The van der Waals surface area contributed by atoms with Crippen molar-refractivity contribution in [1.29, 1.82) is 0 Å². The number of benzene rings is 2. The molecule has 0 aliphatic carbocycles. The van der Waals surface area contributed by atoms with Gasteiger partial charge in [-0.05, 0) is 23.6 Å². The number of nitrogens with one attached hydrogen (secondary N) is 1. The lowest BCUT2D eigenvalue weighted by atomic mass is 9.82. The van der Waals surface area contributed by atoms with Gasteiger partial charge in [0.1, 0.15) is 0 Å². The molecule has 3 heteroatoms. The van der Waals surface area contributed by atoms with Crippen LogP contribution in [-0.4, -0.2) is 23.4 Å². The van der Waals surface area contributed by atoms with E-state index in [1.54, 1.807) is 0 Å². The maximum absolute atomic E-state index is 12.5. The summed E-state index contributed by atoms with van der Waals surface area (Å²) in [6, 6.07) is 19.2. The monoisotopic (exact) mass is 332 g/mol. The Morgan fingerprint density at radius 3 is 2.72 bits per heavy atom. The Morgan fingerprint density at radius 2 is 1.92 bits per heavy atom. The first-order chi connectivity index (χ1) is 12.3. The number of carbonyl (C=O) groups is 1. The number of anilines is 1. The number of likely N-dealkylation sites (tertiary alicyclic amines) is 1. The lowest BCUT2D eigenvalue weighted by Crippen LogP contribution is -2.40. The highest BCUT2D eigenvalue weighted by molar-refractivity contribution is 5.77. The summed E-state index contributed by atoms with van der Waals surface area (Å²) in [6.07, 6.45) is 6.07. The van der Waals surface area contributed by atoms with Crippen LogP contribution < -0.4 is 5.32 Å². The van der Waals surface area contributed by atoms with Crippen molar-refractivity contribution in [1.82, 2.24) is 4.90 Å². The predicted octanol–water partition coefficient (Wildman–Crippen LogP) is 4.49. The molecule has 2 aliphatic rings. The van der Waals surface area contributed by atoms with Gasteiger partial charge in [0.2, 0.25) is 5.91 Å². The van der Waals surface area contributed by atoms with Gasteiger partial charge in [0.15, 0.2) is 0 Å². The Labute approximate surface area is 149 Å². The Morgan fingerprint density at radius 1 is 1.16 bits per heavy atom. The molecule has 1 saturated heterocycles. The number of fused-ring (bicyclic) bond motifs is 3. The van der Waals surface area contributed by atoms with Crippen molar-refractivity contribution in [3.63, 3.8) is 0 Å². The van der Waals surface area contributed by atoms with Crippen molar-refractivity contribution < 1.29 is 4.79 Å². The van der Waals surface area contributed by atoms with Crippen LogP contribution in [0.4, 0.5) is 5.69 Å². The second kappa shape index (κ2) is 6.75. The molecule has 2 aromatic rings. The first-order valence-corrected chi connectivity index (χ1v) is 9.16. The summed E-state index contributed by atoms with van der Waals surface area (Å²) in [7, 11) is 0. The van der Waals surface area contributed by atoms with Crippen LogP contribution in [0.3, 0.4) is 0 Å². The number of rotatable bonds is 3. The summed E-state index contributed by atoms with van der Waals surface area (Å²) >= 11 is 0. The fourth-order valence-corrected chi connectivity index (χ4v) is 4.22. The summed E-state index contributed by atoms with van der Waals surface area (Å²) < 4.78 is 0. The highest BCUT2D eigenvalue weighted by Crippen LogP contribution is 2.46. The fraction of sp³-hybridized carbons (Fsp3) is 0.318. The number of para-hydroxylation sites is 1. The molecule has 2 aliphatic heterocycles. The summed E-state index contributed by atoms with van der Waals surface area (Å²) in [5.41, 5.74) is 3.62. The van der Waals surface area contributed by atoms with Gasteiger partial charge in [0.05, 0.1) is 6.04 Å². The Bertz CT molecular complexity index is 784. The van der Waals surface area contributed by atoms with Crippen molar-refractivity contribution in [2.45, 2.75) is 31.8 Å². The first-order valence-electron chi connectivity index (χ1n) is 9.16. The van der Waals surface area contributed by atoms with Crippen LogP contribution in [-0.2, 0) is 4.79 Å². The van der Waals surface area contributed by atoms with E-state index >= 15 is 0 Å². The van der Waals surface area contributed by atoms with E-state index in [0.717, 1.165) is 18.7 Å². The van der Waals surface area contributed by atoms with Gasteiger partial charge in [-0.2, -0.15) is 0 Å². The van der Waals surface area contributed by atoms with Crippen molar-refractivity contribution >= 4 is 17.7 Å². The predicted molar refractivity (Wildman–Crippen MR) is 102 cm³/mol. The molecule has 0 spiro atoms. The number of amides is 1. The van der Waals surface area contributed by atoms with Crippen LogP contribution in [0.25, 0.3) is 6.08 Å². The number of carbonyl (C=O) groups excluding carboxylic acids is 1. The second-order valence-electron chi connectivity index (χ2n) is 6.87. The van der Waals surface area contributed by atoms with E-state index in [1.165, 1.54) is 11.1 Å². The van der Waals surface area contributed by atoms with Gasteiger partial charge in [-0.1, -0.05) is 67.6 Å². The molecule has 128 valence electrons. The van der Waals surface area contributed by atoms with E-state index in [0.29, 0.717) is 12.3 Å². The Kier molecular flexibility index (Phi) is 4.31. The molecule has 0 unspecified atom stereocenters. The molecule has 1 fully saturated rings. The molecule has 1 amide bonds. The van der Waals surface area contributed by atoms with Crippen LogP contribution in [0.15, 0.2) is 60.7 Å². The van der Waals surface area contributed by atoms with Gasteiger partial charge in [0, 0.05) is 30.6 Å². The molecule has 0 radical (unpaired) electrons. The SMILES string of the molecule is CCC(=O)N1CC[C@@H]2[C@H]1c1ccccc1N[C@@H]2/C=C/c1ccccc1. The molecule has 4 rings (SSSR count). The first kappa shape index (κ1) is 15.9. The maximum Gasteiger partial charge on any atom is 0.222 e. The van der Waals surface area contributed by atoms with E-state index < -0.39 is 0 Å². The largest absolute Gasteiger partial charge is 0.378 e. The molecule has 1 N–H and O–H groups in total. The summed E-state index contributed by atoms with van der Waals surface area (Å²) in [4.78, 5) is 14.5. The van der Waals surface area contributed by atoms with Gasteiger partial charge in [0.25, 0.3) is 0 Å². The molecule has 3 nitrogen and oxygen atoms in total. The third-order valence-corrected chi connectivity index (χ3v) is 5.43. The third kappa shape index (κ3) is 2.95. The minimum absolute atomic E-state index is 0.190. The molecule has 0 bridgehead atoms. The number of hydrogen-bond donors (Lipinski definition) is 1. The van der Waals surface area contributed by atoms with Crippen LogP contribution in [0, 0.1) is 5.92 Å². The van der Waals surface area contributed by atoms with Crippen LogP contribution >= 0.6 is 0 Å². The Balaban J connectivity index is 1.67. The Hall–Kier alpha value is -2.55. The fourth-order valence-electron chi connectivity index (χ4n) is 4.22. The molecular formula is C22H24N2O. The molecule has 25 heavy (non-hydrogen) atoms. The van der Waals surface area contributed by atoms with Crippen molar-refractivity contribution in [2.75, 3.05) is 11.9 Å². The van der Waals surface area contributed by atoms with E-state index in [-0.39, 0.29) is 18.0 Å². The molecular weight excluding hydrogens is 308 g/mol. The van der Waals surface area contributed by atoms with E-state index in [1.807, 2.05) is 13.0 Å². The normalized spacial score (nSPS) is 24.7. The topological polar surface area (TPSA) is 32.3 Å². The third-order valence-electron chi connectivity index (χ3n) is 5.43. The standard InChI is InChI=1S/C22H24N2O/c1-2-21(25)24-15-14-18-20(13-12-16-8-4-3-5-9-16)23-19-11-7-6-10-17(19)22(18)24/h3-13,18,20,22-23H,2,14-15H2,1H3/b13-12+/t18-,20+,22+/m0/s1. The molecule has 0 aromatic heterocycles. The smallest absolute Gasteiger partial charge is 0.222 e. The van der Waals surface area contributed by atoms with Crippen molar-refractivity contribution in [3.05, 3.63) is 71.8 Å². The highest BCUT2D eigenvalue weighted by atomic mass is 16.2. The number of nitrogens with zero attached hydrogens (tertiary/aromatic N) is 1. The van der Waals surface area contributed by atoms with Crippen molar-refractivity contribution in [3.8, 4) is 0 Å². The highest BCUT2D eigenvalue weighted by Gasteiger charge is 2.44. The zero-order valence-corrected chi connectivity index (χ0v) is 14.6. The van der Waals surface area contributed by atoms with Gasteiger partial charge in [-0.15, -0.1) is 0 Å². The van der Waals surface area contributed by atoms with Crippen LogP contribution in [0.1, 0.15) is 36.9 Å². The molecule has 2 aromatic carbocycles. The quantitative estimate of drug-likeness (QED) is 0.898. The van der Waals surface area contributed by atoms with Gasteiger partial charge in [-0.25, -0.2) is 0 Å². The zero-order chi connectivity index (χ0) is 17.2. The lowest BCUT2D eigenvalue weighted by Gasteiger charge is -2.38. The van der Waals surface area contributed by atoms with Gasteiger partial charge in [-0.3, -0.25) is 4.79 Å². The van der Waals surface area contributed by atoms with E-state index in [2.05, 4.69) is 70.9 Å². The maximum atomic E-state index is 12.5. The van der Waals surface area contributed by atoms with Crippen molar-refractivity contribution in [2.24, 2.45) is 5.92 Å².